The Kier molecular flexibility index (Phi) is 5.99. The molecule has 0 aliphatic heterocycles. The molecule has 100 valence electrons. The van der Waals surface area contributed by atoms with Crippen LogP contribution in [0.15, 0.2) is 0 Å². The molecule has 5 heteroatoms. The lowest BCUT2D eigenvalue weighted by atomic mass is 9.99. The molecular weight excluding hydrogens is 220 g/mol. The molecule has 0 rings (SSSR count). The zero-order valence-corrected chi connectivity index (χ0v) is 11.4. The van der Waals surface area contributed by atoms with Gasteiger partial charge in [-0.05, 0) is 41.0 Å². The highest BCUT2D eigenvalue weighted by Gasteiger charge is 2.24. The van der Waals surface area contributed by atoms with Gasteiger partial charge in [-0.2, -0.15) is 0 Å². The molecule has 0 radical (unpaired) electrons. The van der Waals surface area contributed by atoms with Gasteiger partial charge < -0.3 is 15.3 Å². The second-order valence-electron chi connectivity index (χ2n) is 5.09. The van der Waals surface area contributed by atoms with Crippen molar-refractivity contribution < 1.29 is 14.7 Å². The molecule has 0 aromatic rings. The first-order valence-corrected chi connectivity index (χ1v) is 6.00. The molecule has 0 aromatic carbocycles. The molecule has 17 heavy (non-hydrogen) atoms. The van der Waals surface area contributed by atoms with E-state index in [9.17, 15) is 9.59 Å². The number of urea groups is 1. The molecule has 0 heterocycles. The summed E-state index contributed by atoms with van der Waals surface area (Å²) in [5.41, 5.74) is -0.502. The van der Waals surface area contributed by atoms with Crippen molar-refractivity contribution >= 4 is 12.0 Å². The third kappa shape index (κ3) is 6.14. The van der Waals surface area contributed by atoms with Crippen LogP contribution in [0.25, 0.3) is 0 Å². The zero-order chi connectivity index (χ0) is 13.6. The summed E-state index contributed by atoms with van der Waals surface area (Å²) < 4.78 is 0. The molecule has 0 saturated heterocycles. The van der Waals surface area contributed by atoms with Crippen molar-refractivity contribution in [1.29, 1.82) is 0 Å². The van der Waals surface area contributed by atoms with E-state index in [1.54, 1.807) is 4.90 Å². The molecule has 0 unspecified atom stereocenters. The molecule has 0 aliphatic carbocycles. The van der Waals surface area contributed by atoms with Crippen LogP contribution >= 0.6 is 0 Å². The van der Waals surface area contributed by atoms with Gasteiger partial charge in [0.05, 0.1) is 0 Å². The molecule has 0 spiro atoms. The molecule has 2 N–H and O–H groups in total. The van der Waals surface area contributed by atoms with Crippen LogP contribution in [0.3, 0.4) is 0 Å². The zero-order valence-electron chi connectivity index (χ0n) is 11.4. The van der Waals surface area contributed by atoms with Gasteiger partial charge in [0.2, 0.25) is 0 Å². The average molecular weight is 244 g/mol. The number of carbonyl (C=O) groups is 2. The van der Waals surface area contributed by atoms with Crippen LogP contribution in [0.5, 0.6) is 0 Å². The number of nitrogens with zero attached hydrogens (tertiary/aromatic N) is 1. The molecule has 0 fully saturated rings. The lowest BCUT2D eigenvalue weighted by Crippen LogP contribution is -2.52. The van der Waals surface area contributed by atoms with Crippen molar-refractivity contribution in [2.45, 2.75) is 59.0 Å². The summed E-state index contributed by atoms with van der Waals surface area (Å²) in [4.78, 5) is 24.2. The molecule has 0 atom stereocenters. The van der Waals surface area contributed by atoms with Gasteiger partial charge in [0.15, 0.2) is 0 Å². The second kappa shape index (κ2) is 6.47. The summed E-state index contributed by atoms with van der Waals surface area (Å²) in [7, 11) is 0. The van der Waals surface area contributed by atoms with E-state index in [0.717, 1.165) is 0 Å². The third-order valence-corrected chi connectivity index (χ3v) is 2.63. The van der Waals surface area contributed by atoms with Crippen LogP contribution in [-0.4, -0.2) is 40.1 Å². The standard InChI is InChI=1S/C12H24N2O3/c1-6-14(9(2)3)11(17)13-12(4,5)8-7-10(15)16/h9H,6-8H2,1-5H3,(H,13,17)(H,15,16). The first-order valence-electron chi connectivity index (χ1n) is 6.00. The molecule has 0 bridgehead atoms. The van der Waals surface area contributed by atoms with Crippen LogP contribution < -0.4 is 5.32 Å². The molecule has 0 aliphatic rings. The number of carboxylic acids is 1. The highest BCUT2D eigenvalue weighted by Crippen LogP contribution is 2.12. The van der Waals surface area contributed by atoms with E-state index in [2.05, 4.69) is 5.32 Å². The quantitative estimate of drug-likeness (QED) is 0.751. The second-order valence-corrected chi connectivity index (χ2v) is 5.09. The Morgan fingerprint density at radius 3 is 2.24 bits per heavy atom. The average Bonchev–Trinajstić information content (AvgIpc) is 2.14. The Bertz CT molecular complexity index is 275. The SMILES string of the molecule is CCN(C(=O)NC(C)(C)CCC(=O)O)C(C)C. The number of hydrogen-bond donors (Lipinski definition) is 2. The van der Waals surface area contributed by atoms with Crippen molar-refractivity contribution in [3.63, 3.8) is 0 Å². The highest BCUT2D eigenvalue weighted by molar-refractivity contribution is 5.75. The molecule has 5 nitrogen and oxygen atoms in total. The summed E-state index contributed by atoms with van der Waals surface area (Å²) in [6.45, 7) is 10.1. The van der Waals surface area contributed by atoms with Crippen molar-refractivity contribution in [2.75, 3.05) is 6.54 Å². The van der Waals surface area contributed by atoms with E-state index in [1.807, 2.05) is 34.6 Å². The van der Waals surface area contributed by atoms with Crippen molar-refractivity contribution in [1.82, 2.24) is 10.2 Å². The topological polar surface area (TPSA) is 69.6 Å². The van der Waals surface area contributed by atoms with Gasteiger partial charge in [0, 0.05) is 24.5 Å². The van der Waals surface area contributed by atoms with E-state index in [-0.39, 0.29) is 18.5 Å². The maximum absolute atomic E-state index is 11.9. The van der Waals surface area contributed by atoms with Gasteiger partial charge in [-0.3, -0.25) is 4.79 Å². The van der Waals surface area contributed by atoms with Gasteiger partial charge in [0.25, 0.3) is 0 Å². The number of rotatable bonds is 6. The molecule has 0 saturated carbocycles. The third-order valence-electron chi connectivity index (χ3n) is 2.63. The number of amides is 2. The van der Waals surface area contributed by atoms with E-state index in [0.29, 0.717) is 13.0 Å². The van der Waals surface area contributed by atoms with Crippen LogP contribution in [0.2, 0.25) is 0 Å². The first kappa shape index (κ1) is 15.7. The Hall–Kier alpha value is -1.26. The van der Waals surface area contributed by atoms with Crippen LogP contribution in [0.1, 0.15) is 47.5 Å². The Morgan fingerprint density at radius 1 is 1.35 bits per heavy atom. The normalized spacial score (nSPS) is 11.4. The Morgan fingerprint density at radius 2 is 1.88 bits per heavy atom. The summed E-state index contributed by atoms with van der Waals surface area (Å²) in [6, 6.07) is -0.00633. The van der Waals surface area contributed by atoms with Crippen molar-refractivity contribution in [2.24, 2.45) is 0 Å². The highest BCUT2D eigenvalue weighted by atomic mass is 16.4. The fourth-order valence-electron chi connectivity index (χ4n) is 1.59. The van der Waals surface area contributed by atoms with E-state index < -0.39 is 11.5 Å². The fourth-order valence-corrected chi connectivity index (χ4v) is 1.59. The first-order chi connectivity index (χ1) is 7.69. The van der Waals surface area contributed by atoms with Gasteiger partial charge in [-0.15, -0.1) is 0 Å². The van der Waals surface area contributed by atoms with Gasteiger partial charge in [0.1, 0.15) is 0 Å². The minimum Gasteiger partial charge on any atom is -0.481 e. The predicted molar refractivity (Wildman–Crippen MR) is 67.0 cm³/mol. The van der Waals surface area contributed by atoms with E-state index in [1.165, 1.54) is 0 Å². The van der Waals surface area contributed by atoms with Crippen molar-refractivity contribution in [3.05, 3.63) is 0 Å². The minimum absolute atomic E-state index is 0.0566. The number of aliphatic carboxylic acids is 1. The Balaban J connectivity index is 4.38. The Labute approximate surface area is 103 Å². The minimum atomic E-state index is -0.844. The summed E-state index contributed by atoms with van der Waals surface area (Å²) in [6.07, 6.45) is 0.477. The molecular formula is C12H24N2O3. The summed E-state index contributed by atoms with van der Waals surface area (Å²) in [5, 5.41) is 11.5. The van der Waals surface area contributed by atoms with Gasteiger partial charge >= 0.3 is 12.0 Å². The number of nitrogens with one attached hydrogen (secondary N) is 1. The molecule has 2 amide bonds. The number of hydrogen-bond acceptors (Lipinski definition) is 2. The van der Waals surface area contributed by atoms with Crippen LogP contribution in [0.4, 0.5) is 4.79 Å². The van der Waals surface area contributed by atoms with Gasteiger partial charge in [-0.1, -0.05) is 0 Å². The summed E-state index contributed by atoms with van der Waals surface area (Å²) >= 11 is 0. The lowest BCUT2D eigenvalue weighted by Gasteiger charge is -2.32. The fraction of sp³-hybridized carbons (Fsp3) is 0.833. The molecule has 0 aromatic heterocycles. The van der Waals surface area contributed by atoms with Gasteiger partial charge in [-0.25, -0.2) is 4.79 Å². The maximum atomic E-state index is 11.9. The predicted octanol–water partition coefficient (Wildman–Crippen LogP) is 2.07. The summed E-state index contributed by atoms with van der Waals surface area (Å²) in [5.74, 6) is -0.844. The van der Waals surface area contributed by atoms with E-state index >= 15 is 0 Å². The van der Waals surface area contributed by atoms with Crippen LogP contribution in [-0.2, 0) is 4.79 Å². The largest absolute Gasteiger partial charge is 0.481 e. The monoisotopic (exact) mass is 244 g/mol. The number of carbonyl (C=O) groups excluding carboxylic acids is 1. The van der Waals surface area contributed by atoms with Crippen LogP contribution in [0, 0.1) is 0 Å². The maximum Gasteiger partial charge on any atom is 0.318 e. The van der Waals surface area contributed by atoms with E-state index in [4.69, 9.17) is 5.11 Å². The lowest BCUT2D eigenvalue weighted by molar-refractivity contribution is -0.137. The number of carboxylic acid groups (broad SMARTS) is 1. The van der Waals surface area contributed by atoms with Crippen molar-refractivity contribution in [3.8, 4) is 0 Å². The smallest absolute Gasteiger partial charge is 0.318 e.